The summed E-state index contributed by atoms with van der Waals surface area (Å²) in [5.74, 6) is -1.25. The largest absolute Gasteiger partial charge is 0.478 e. The van der Waals surface area contributed by atoms with E-state index in [1.54, 1.807) is 0 Å². The van der Waals surface area contributed by atoms with E-state index in [-0.39, 0.29) is 22.8 Å². The van der Waals surface area contributed by atoms with Crippen LogP contribution in [-0.4, -0.2) is 23.8 Å². The summed E-state index contributed by atoms with van der Waals surface area (Å²) in [7, 11) is 0. The van der Waals surface area contributed by atoms with Gasteiger partial charge in [0.15, 0.2) is 0 Å². The van der Waals surface area contributed by atoms with Crippen LogP contribution in [0, 0.1) is 0 Å². The minimum absolute atomic E-state index is 0.117. The summed E-state index contributed by atoms with van der Waals surface area (Å²) in [4.78, 5) is 10.8. The number of hydrogen-bond acceptors (Lipinski definition) is 2. The molecule has 0 aromatic heterocycles. The SMILES string of the molecule is O=C(O)c1cc(Cl)ccc1NCCC(F)(F)F. The van der Waals surface area contributed by atoms with Gasteiger partial charge in [-0.15, -0.1) is 0 Å². The predicted molar refractivity (Wildman–Crippen MR) is 57.6 cm³/mol. The summed E-state index contributed by atoms with van der Waals surface area (Å²) in [6.45, 7) is -0.384. The van der Waals surface area contributed by atoms with Crippen molar-refractivity contribution in [3.8, 4) is 0 Å². The van der Waals surface area contributed by atoms with Crippen LogP contribution in [0.3, 0.4) is 0 Å². The van der Waals surface area contributed by atoms with Crippen molar-refractivity contribution in [2.75, 3.05) is 11.9 Å². The van der Waals surface area contributed by atoms with Gasteiger partial charge in [-0.1, -0.05) is 11.6 Å². The van der Waals surface area contributed by atoms with Gasteiger partial charge < -0.3 is 10.4 Å². The smallest absolute Gasteiger partial charge is 0.390 e. The van der Waals surface area contributed by atoms with E-state index < -0.39 is 18.6 Å². The van der Waals surface area contributed by atoms with Crippen molar-refractivity contribution >= 4 is 23.3 Å². The van der Waals surface area contributed by atoms with Crippen LogP contribution in [0.4, 0.5) is 18.9 Å². The molecule has 17 heavy (non-hydrogen) atoms. The summed E-state index contributed by atoms with van der Waals surface area (Å²) in [5.41, 5.74) is -0.0363. The summed E-state index contributed by atoms with van der Waals surface area (Å²) in [6.07, 6.45) is -5.31. The lowest BCUT2D eigenvalue weighted by Gasteiger charge is -2.11. The van der Waals surface area contributed by atoms with E-state index in [0.717, 1.165) is 0 Å². The zero-order valence-corrected chi connectivity index (χ0v) is 9.27. The molecule has 0 spiro atoms. The number of halogens is 4. The molecule has 0 bridgehead atoms. The first-order valence-corrected chi connectivity index (χ1v) is 5.01. The third kappa shape index (κ3) is 4.52. The van der Waals surface area contributed by atoms with E-state index in [2.05, 4.69) is 5.32 Å². The Hall–Kier alpha value is -1.43. The highest BCUT2D eigenvalue weighted by Crippen LogP contribution is 2.23. The molecule has 3 nitrogen and oxygen atoms in total. The van der Waals surface area contributed by atoms with Crippen molar-refractivity contribution in [1.29, 1.82) is 0 Å². The van der Waals surface area contributed by atoms with Crippen molar-refractivity contribution < 1.29 is 23.1 Å². The molecule has 1 aromatic carbocycles. The molecule has 0 saturated carbocycles. The third-order valence-electron chi connectivity index (χ3n) is 1.94. The van der Waals surface area contributed by atoms with E-state index in [1.807, 2.05) is 0 Å². The molecule has 0 unspecified atom stereocenters. The number of hydrogen-bond donors (Lipinski definition) is 2. The summed E-state index contributed by atoms with van der Waals surface area (Å²) < 4.78 is 35.7. The van der Waals surface area contributed by atoms with Gasteiger partial charge >= 0.3 is 12.1 Å². The standard InChI is InChI=1S/C10H9ClF3NO2/c11-6-1-2-8(7(5-6)9(16)17)15-4-3-10(12,13)14/h1-2,5,15H,3-4H2,(H,16,17). The highest BCUT2D eigenvalue weighted by molar-refractivity contribution is 6.31. The number of alkyl halides is 3. The number of carboxylic acids is 1. The topological polar surface area (TPSA) is 49.3 Å². The van der Waals surface area contributed by atoms with E-state index in [0.29, 0.717) is 0 Å². The summed E-state index contributed by atoms with van der Waals surface area (Å²) >= 11 is 5.60. The van der Waals surface area contributed by atoms with Crippen LogP contribution in [0.5, 0.6) is 0 Å². The Morgan fingerprint density at radius 1 is 1.41 bits per heavy atom. The second kappa shape index (κ2) is 5.27. The van der Waals surface area contributed by atoms with Crippen LogP contribution >= 0.6 is 11.6 Å². The molecular weight excluding hydrogens is 259 g/mol. The fourth-order valence-corrected chi connectivity index (χ4v) is 1.36. The van der Waals surface area contributed by atoms with Gasteiger partial charge in [0.2, 0.25) is 0 Å². The van der Waals surface area contributed by atoms with Crippen LogP contribution in [-0.2, 0) is 0 Å². The lowest BCUT2D eigenvalue weighted by molar-refractivity contribution is -0.131. The number of carboxylic acid groups (broad SMARTS) is 1. The molecular formula is C10H9ClF3NO2. The molecule has 0 fully saturated rings. The first-order valence-electron chi connectivity index (χ1n) is 4.63. The van der Waals surface area contributed by atoms with Gasteiger partial charge in [0.05, 0.1) is 12.0 Å². The maximum Gasteiger partial charge on any atom is 0.390 e. The number of carbonyl (C=O) groups is 1. The van der Waals surface area contributed by atoms with Crippen molar-refractivity contribution in [2.24, 2.45) is 0 Å². The van der Waals surface area contributed by atoms with Crippen LogP contribution in [0.25, 0.3) is 0 Å². The molecule has 94 valence electrons. The number of anilines is 1. The maximum atomic E-state index is 11.9. The van der Waals surface area contributed by atoms with Crippen molar-refractivity contribution in [3.63, 3.8) is 0 Å². The average molecular weight is 268 g/mol. The fraction of sp³-hybridized carbons (Fsp3) is 0.300. The van der Waals surface area contributed by atoms with Crippen LogP contribution in [0.1, 0.15) is 16.8 Å². The zero-order chi connectivity index (χ0) is 13.1. The Morgan fingerprint density at radius 2 is 2.06 bits per heavy atom. The van der Waals surface area contributed by atoms with Gasteiger partial charge in [0.1, 0.15) is 0 Å². The molecule has 7 heteroatoms. The van der Waals surface area contributed by atoms with Gasteiger partial charge in [-0.2, -0.15) is 13.2 Å². The highest BCUT2D eigenvalue weighted by atomic mass is 35.5. The average Bonchev–Trinajstić information content (AvgIpc) is 2.18. The van der Waals surface area contributed by atoms with Gasteiger partial charge in [0, 0.05) is 17.3 Å². The van der Waals surface area contributed by atoms with Crippen LogP contribution in [0.2, 0.25) is 5.02 Å². The Bertz CT molecular complexity index is 421. The normalized spacial score (nSPS) is 11.3. The molecule has 0 amide bonds. The Balaban J connectivity index is 2.74. The Morgan fingerprint density at radius 3 is 2.59 bits per heavy atom. The number of rotatable bonds is 4. The number of benzene rings is 1. The Labute approximate surface area is 100 Å². The Kier molecular flexibility index (Phi) is 4.22. The first kappa shape index (κ1) is 13.6. The molecule has 0 heterocycles. The van der Waals surface area contributed by atoms with Gasteiger partial charge in [0.25, 0.3) is 0 Å². The van der Waals surface area contributed by atoms with Crippen LogP contribution < -0.4 is 5.32 Å². The van der Waals surface area contributed by atoms with Crippen LogP contribution in [0.15, 0.2) is 18.2 Å². The molecule has 0 aliphatic carbocycles. The lowest BCUT2D eigenvalue weighted by Crippen LogP contribution is -2.16. The van der Waals surface area contributed by atoms with E-state index in [1.165, 1.54) is 18.2 Å². The maximum absolute atomic E-state index is 11.9. The monoisotopic (exact) mass is 267 g/mol. The molecule has 0 radical (unpaired) electrons. The van der Waals surface area contributed by atoms with E-state index in [9.17, 15) is 18.0 Å². The zero-order valence-electron chi connectivity index (χ0n) is 8.51. The summed E-state index contributed by atoms with van der Waals surface area (Å²) in [5, 5.41) is 11.5. The van der Waals surface area contributed by atoms with Crippen molar-refractivity contribution in [2.45, 2.75) is 12.6 Å². The highest BCUT2D eigenvalue weighted by Gasteiger charge is 2.26. The molecule has 0 saturated heterocycles. The van der Waals surface area contributed by atoms with Gasteiger partial charge in [-0.25, -0.2) is 4.79 Å². The quantitative estimate of drug-likeness (QED) is 0.879. The van der Waals surface area contributed by atoms with Crippen molar-refractivity contribution in [3.05, 3.63) is 28.8 Å². The van der Waals surface area contributed by atoms with E-state index in [4.69, 9.17) is 16.7 Å². The third-order valence-corrected chi connectivity index (χ3v) is 2.17. The lowest BCUT2D eigenvalue weighted by atomic mass is 10.2. The molecule has 1 aromatic rings. The molecule has 1 rings (SSSR count). The number of aromatic carboxylic acids is 1. The van der Waals surface area contributed by atoms with Gasteiger partial charge in [-0.3, -0.25) is 0 Å². The van der Waals surface area contributed by atoms with Crippen molar-refractivity contribution in [1.82, 2.24) is 0 Å². The van der Waals surface area contributed by atoms with Gasteiger partial charge in [-0.05, 0) is 18.2 Å². The van der Waals surface area contributed by atoms with E-state index >= 15 is 0 Å². The molecule has 0 atom stereocenters. The summed E-state index contributed by atoms with van der Waals surface area (Å²) in [6, 6.07) is 3.92. The second-order valence-electron chi connectivity index (χ2n) is 3.29. The predicted octanol–water partition coefficient (Wildman–Crippen LogP) is 3.40. The number of nitrogens with one attached hydrogen (secondary N) is 1. The molecule has 0 aliphatic heterocycles. The molecule has 0 aliphatic rings. The minimum Gasteiger partial charge on any atom is -0.478 e. The second-order valence-corrected chi connectivity index (χ2v) is 3.72. The minimum atomic E-state index is -4.27. The molecule has 2 N–H and O–H groups in total. The fourth-order valence-electron chi connectivity index (χ4n) is 1.19. The first-order chi connectivity index (χ1) is 7.79.